The minimum Gasteiger partial charge on any atom is -0.328 e. The number of aromatic nitrogens is 2. The maximum absolute atomic E-state index is 6.28. The Morgan fingerprint density at radius 3 is 2.68 bits per heavy atom. The number of fused-ring (bicyclic) bond motifs is 1. The number of hydrogen-bond acceptors (Lipinski definition) is 4. The number of likely N-dealkylation sites (N-methyl/N-ethyl adjacent to an activating group) is 1. The maximum Gasteiger partial charge on any atom is 0.129 e. The molecule has 0 saturated heterocycles. The van der Waals surface area contributed by atoms with E-state index in [9.17, 15) is 0 Å². The molecule has 1 aromatic heterocycles. The summed E-state index contributed by atoms with van der Waals surface area (Å²) in [5, 5.41) is 1.19. The summed E-state index contributed by atoms with van der Waals surface area (Å²) in [6, 6.07) is 9.15. The highest BCUT2D eigenvalue weighted by Crippen LogP contribution is 2.36. The summed E-state index contributed by atoms with van der Waals surface area (Å²) < 4.78 is 0. The van der Waals surface area contributed by atoms with Gasteiger partial charge in [0.25, 0.3) is 0 Å². The van der Waals surface area contributed by atoms with Crippen molar-refractivity contribution in [1.29, 1.82) is 0 Å². The molecule has 1 saturated carbocycles. The third-order valence-electron chi connectivity index (χ3n) is 4.86. The summed E-state index contributed by atoms with van der Waals surface area (Å²) >= 11 is 0. The molecule has 4 nitrogen and oxygen atoms in total. The molecule has 1 fully saturated rings. The van der Waals surface area contributed by atoms with E-state index in [1.165, 1.54) is 11.1 Å². The van der Waals surface area contributed by atoms with Crippen LogP contribution in [0.25, 0.3) is 10.9 Å². The molecule has 3 unspecified atom stereocenters. The SMILES string of the molecule is CCc1nc(C2CC(N)CCC2N(C)C)c2ccccc2n1. The zero-order chi connectivity index (χ0) is 15.7. The second-order valence-corrected chi connectivity index (χ2v) is 6.61. The van der Waals surface area contributed by atoms with Gasteiger partial charge in [-0.25, -0.2) is 9.97 Å². The fourth-order valence-electron chi connectivity index (χ4n) is 3.69. The highest BCUT2D eigenvalue weighted by Gasteiger charge is 2.33. The van der Waals surface area contributed by atoms with Crippen molar-refractivity contribution in [2.75, 3.05) is 14.1 Å². The molecule has 3 rings (SSSR count). The van der Waals surface area contributed by atoms with Gasteiger partial charge in [0, 0.05) is 29.8 Å². The van der Waals surface area contributed by atoms with Gasteiger partial charge in [-0.15, -0.1) is 0 Å². The zero-order valence-corrected chi connectivity index (χ0v) is 13.8. The standard InChI is InChI=1S/C18H26N4/c1-4-17-20-15-8-6-5-7-13(15)18(21-17)14-11-12(19)9-10-16(14)22(2)3/h5-8,12,14,16H,4,9-11,19H2,1-3H3. The molecule has 1 aliphatic carbocycles. The van der Waals surface area contributed by atoms with Gasteiger partial charge in [-0.3, -0.25) is 0 Å². The Balaban J connectivity index is 2.13. The average molecular weight is 298 g/mol. The lowest BCUT2D eigenvalue weighted by Gasteiger charge is -2.38. The van der Waals surface area contributed by atoms with Crippen LogP contribution in [-0.2, 0) is 6.42 Å². The smallest absolute Gasteiger partial charge is 0.129 e. The second kappa shape index (κ2) is 6.31. The number of rotatable bonds is 3. The first-order valence-corrected chi connectivity index (χ1v) is 8.27. The van der Waals surface area contributed by atoms with Crippen LogP contribution in [0.1, 0.15) is 43.6 Å². The number of aryl methyl sites for hydroxylation is 1. The molecule has 0 radical (unpaired) electrons. The summed E-state index contributed by atoms with van der Waals surface area (Å²) in [7, 11) is 4.33. The van der Waals surface area contributed by atoms with Gasteiger partial charge in [0.1, 0.15) is 5.82 Å². The molecule has 118 valence electrons. The molecule has 1 aromatic carbocycles. The first-order chi connectivity index (χ1) is 10.6. The van der Waals surface area contributed by atoms with E-state index in [0.717, 1.165) is 37.0 Å². The first kappa shape index (κ1) is 15.4. The van der Waals surface area contributed by atoms with Crippen molar-refractivity contribution < 1.29 is 0 Å². The molecule has 1 heterocycles. The number of hydrogen-bond donors (Lipinski definition) is 1. The van der Waals surface area contributed by atoms with Gasteiger partial charge < -0.3 is 10.6 Å². The predicted molar refractivity (Wildman–Crippen MR) is 91.0 cm³/mol. The van der Waals surface area contributed by atoms with Gasteiger partial charge in [-0.05, 0) is 39.4 Å². The molecule has 2 N–H and O–H groups in total. The van der Waals surface area contributed by atoms with Gasteiger partial charge in [0.15, 0.2) is 0 Å². The highest BCUT2D eigenvalue weighted by molar-refractivity contribution is 5.81. The van der Waals surface area contributed by atoms with Crippen LogP contribution in [0.4, 0.5) is 0 Å². The minimum absolute atomic E-state index is 0.278. The van der Waals surface area contributed by atoms with Crippen LogP contribution >= 0.6 is 0 Å². The summed E-state index contributed by atoms with van der Waals surface area (Å²) in [5.41, 5.74) is 8.53. The van der Waals surface area contributed by atoms with Crippen LogP contribution < -0.4 is 5.73 Å². The van der Waals surface area contributed by atoms with Crippen LogP contribution in [0.5, 0.6) is 0 Å². The zero-order valence-electron chi connectivity index (χ0n) is 13.8. The molecule has 0 spiro atoms. The lowest BCUT2D eigenvalue weighted by Crippen LogP contribution is -2.42. The van der Waals surface area contributed by atoms with E-state index in [2.05, 4.69) is 55.2 Å². The van der Waals surface area contributed by atoms with Crippen molar-refractivity contribution in [3.63, 3.8) is 0 Å². The van der Waals surface area contributed by atoms with Crippen molar-refractivity contribution in [2.45, 2.75) is 50.6 Å². The third kappa shape index (κ3) is 2.85. The molecule has 2 aromatic rings. The van der Waals surface area contributed by atoms with Crippen molar-refractivity contribution in [3.05, 3.63) is 35.8 Å². The van der Waals surface area contributed by atoms with Gasteiger partial charge in [0.05, 0.1) is 11.2 Å². The Morgan fingerprint density at radius 1 is 1.18 bits per heavy atom. The topological polar surface area (TPSA) is 55.0 Å². The Bertz CT molecular complexity index is 653. The van der Waals surface area contributed by atoms with E-state index in [-0.39, 0.29) is 6.04 Å². The number of benzene rings is 1. The van der Waals surface area contributed by atoms with E-state index >= 15 is 0 Å². The summed E-state index contributed by atoms with van der Waals surface area (Å²) in [5.74, 6) is 1.32. The Morgan fingerprint density at radius 2 is 1.95 bits per heavy atom. The molecular formula is C18H26N4. The summed E-state index contributed by atoms with van der Waals surface area (Å²) in [6.45, 7) is 2.12. The van der Waals surface area contributed by atoms with Crippen molar-refractivity contribution in [3.8, 4) is 0 Å². The monoisotopic (exact) mass is 298 g/mol. The maximum atomic E-state index is 6.28. The van der Waals surface area contributed by atoms with Crippen molar-refractivity contribution in [2.24, 2.45) is 5.73 Å². The molecule has 22 heavy (non-hydrogen) atoms. The average Bonchev–Trinajstić information content (AvgIpc) is 2.53. The Labute approximate surface area is 132 Å². The van der Waals surface area contributed by atoms with Crippen LogP contribution in [-0.4, -0.2) is 41.0 Å². The molecule has 3 atom stereocenters. The van der Waals surface area contributed by atoms with Crippen LogP contribution in [0.3, 0.4) is 0 Å². The molecule has 0 aliphatic heterocycles. The lowest BCUT2D eigenvalue weighted by atomic mass is 9.78. The molecule has 1 aliphatic rings. The van der Waals surface area contributed by atoms with E-state index in [4.69, 9.17) is 10.7 Å². The lowest BCUT2D eigenvalue weighted by molar-refractivity contribution is 0.186. The minimum atomic E-state index is 0.278. The molecular weight excluding hydrogens is 272 g/mol. The van der Waals surface area contributed by atoms with E-state index in [1.54, 1.807) is 0 Å². The number of nitrogens with two attached hydrogens (primary N) is 1. The summed E-state index contributed by atoms with van der Waals surface area (Å²) in [6.07, 6.45) is 4.11. The summed E-state index contributed by atoms with van der Waals surface area (Å²) in [4.78, 5) is 11.9. The van der Waals surface area contributed by atoms with Gasteiger partial charge in [0.2, 0.25) is 0 Å². The van der Waals surface area contributed by atoms with Crippen molar-refractivity contribution in [1.82, 2.24) is 14.9 Å². The highest BCUT2D eigenvalue weighted by atomic mass is 15.1. The van der Waals surface area contributed by atoms with Gasteiger partial charge in [-0.1, -0.05) is 25.1 Å². The normalized spacial score (nSPS) is 25.8. The van der Waals surface area contributed by atoms with E-state index in [1.807, 2.05) is 0 Å². The van der Waals surface area contributed by atoms with E-state index < -0.39 is 0 Å². The van der Waals surface area contributed by atoms with Gasteiger partial charge >= 0.3 is 0 Å². The predicted octanol–water partition coefficient (Wildman–Crippen LogP) is 2.72. The first-order valence-electron chi connectivity index (χ1n) is 8.27. The fraction of sp³-hybridized carbons (Fsp3) is 0.556. The largest absolute Gasteiger partial charge is 0.328 e. The third-order valence-corrected chi connectivity index (χ3v) is 4.86. The Kier molecular flexibility index (Phi) is 4.41. The number of para-hydroxylation sites is 1. The quantitative estimate of drug-likeness (QED) is 0.946. The van der Waals surface area contributed by atoms with Crippen molar-refractivity contribution >= 4 is 10.9 Å². The van der Waals surface area contributed by atoms with Gasteiger partial charge in [-0.2, -0.15) is 0 Å². The van der Waals surface area contributed by atoms with Crippen LogP contribution in [0, 0.1) is 0 Å². The second-order valence-electron chi connectivity index (χ2n) is 6.61. The van der Waals surface area contributed by atoms with Crippen LogP contribution in [0.2, 0.25) is 0 Å². The molecule has 0 bridgehead atoms. The number of nitrogens with zero attached hydrogens (tertiary/aromatic N) is 3. The fourth-order valence-corrected chi connectivity index (χ4v) is 3.69. The Hall–Kier alpha value is -1.52. The molecule has 0 amide bonds. The molecule has 4 heteroatoms. The van der Waals surface area contributed by atoms with E-state index in [0.29, 0.717) is 12.0 Å². The van der Waals surface area contributed by atoms with Crippen LogP contribution in [0.15, 0.2) is 24.3 Å².